The minimum Gasteiger partial charge on any atom is -0.255 e. The monoisotopic (exact) mass is 623 g/mol. The smallest absolute Gasteiger partial charge is 0.163 e. The van der Waals surface area contributed by atoms with Crippen molar-refractivity contribution in [1.29, 1.82) is 0 Å². The Morgan fingerprint density at radius 2 is 1.33 bits per heavy atom. The molecule has 1 aliphatic carbocycles. The van der Waals surface area contributed by atoms with Crippen molar-refractivity contribution >= 4 is 55.1 Å². The Labute approximate surface area is 274 Å². The van der Waals surface area contributed by atoms with Crippen LogP contribution < -0.4 is 14.9 Å². The minimum absolute atomic E-state index is 0.0277. The number of hydrogen-bond acceptors (Lipinski definition) is 2. The molecule has 0 aliphatic heterocycles. The molecule has 0 atom stereocenters. The van der Waals surface area contributed by atoms with Crippen LogP contribution in [0.5, 0.6) is 0 Å². The van der Waals surface area contributed by atoms with Gasteiger partial charge in [0, 0.05) is 16.3 Å². The molecule has 2 heterocycles. The molecule has 0 saturated heterocycles. The van der Waals surface area contributed by atoms with Gasteiger partial charge >= 0.3 is 0 Å². The van der Waals surface area contributed by atoms with E-state index in [1.165, 1.54) is 80.8 Å². The second-order valence-electron chi connectivity index (χ2n) is 14.5. The van der Waals surface area contributed by atoms with Gasteiger partial charge in [0.05, 0.1) is 10.4 Å². The molecular weight excluding hydrogens is 579 g/mol. The second kappa shape index (κ2) is 11.7. The Hall–Kier alpha value is -3.53. The number of thiophene rings is 1. The zero-order valence-electron chi connectivity index (χ0n) is 27.7. The fourth-order valence-electron chi connectivity index (χ4n) is 8.05. The molecular formula is C42H45NSSi. The van der Waals surface area contributed by atoms with Gasteiger partial charge in [-0.3, -0.25) is 4.98 Å². The van der Waals surface area contributed by atoms with Gasteiger partial charge in [-0.2, -0.15) is 0 Å². The van der Waals surface area contributed by atoms with Crippen LogP contribution in [0.1, 0.15) is 75.1 Å². The highest BCUT2D eigenvalue weighted by molar-refractivity contribution is 7.37. The first-order chi connectivity index (χ1) is 21.7. The Morgan fingerprint density at radius 1 is 0.711 bits per heavy atom. The normalized spacial score (nSPS) is 14.8. The first-order valence-corrected chi connectivity index (χ1v) is 19.6. The molecule has 1 fully saturated rings. The molecule has 1 nitrogen and oxygen atoms in total. The van der Waals surface area contributed by atoms with Gasteiger partial charge in [0.2, 0.25) is 0 Å². The van der Waals surface area contributed by atoms with Gasteiger partial charge in [0.1, 0.15) is 0 Å². The summed E-state index contributed by atoms with van der Waals surface area (Å²) in [5.74, 6) is 0. The summed E-state index contributed by atoms with van der Waals surface area (Å²) in [4.78, 5) is 5.15. The summed E-state index contributed by atoms with van der Waals surface area (Å²) in [5.41, 5.74) is 8.57. The minimum atomic E-state index is -2.41. The number of pyridine rings is 1. The molecule has 6 aromatic rings. The lowest BCUT2D eigenvalue weighted by atomic mass is 9.82. The Bertz CT molecular complexity index is 1940. The molecule has 7 rings (SSSR count). The highest BCUT2D eigenvalue weighted by atomic mass is 32.1. The van der Waals surface area contributed by atoms with Crippen molar-refractivity contribution < 1.29 is 0 Å². The molecule has 0 unspecified atom stereocenters. The predicted octanol–water partition coefficient (Wildman–Crippen LogP) is 10.1. The Balaban J connectivity index is 1.54. The molecule has 45 heavy (non-hydrogen) atoms. The molecule has 228 valence electrons. The molecule has 2 aromatic heterocycles. The predicted molar refractivity (Wildman–Crippen MR) is 200 cm³/mol. The largest absolute Gasteiger partial charge is 0.255 e. The molecule has 1 aliphatic rings. The van der Waals surface area contributed by atoms with Crippen molar-refractivity contribution in [3.05, 3.63) is 119 Å². The molecule has 0 radical (unpaired) electrons. The van der Waals surface area contributed by atoms with E-state index >= 15 is 0 Å². The number of benzene rings is 4. The van der Waals surface area contributed by atoms with Crippen LogP contribution in [-0.2, 0) is 5.41 Å². The van der Waals surface area contributed by atoms with Gasteiger partial charge in [0.25, 0.3) is 0 Å². The SMILES string of the molecule is Cc1ccc([Si](c2ccc(C)cc2)(c2sc3c(-c4cc(C(C)(C)C)c5ccccc5c4)nccc3c2C)C2CCCCC2)cc1. The number of fused-ring (bicyclic) bond motifs is 2. The van der Waals surface area contributed by atoms with Crippen LogP contribution in [0.15, 0.2) is 97.2 Å². The summed E-state index contributed by atoms with van der Waals surface area (Å²) < 4.78 is 2.97. The van der Waals surface area contributed by atoms with E-state index < -0.39 is 8.07 Å². The first-order valence-electron chi connectivity index (χ1n) is 16.7. The van der Waals surface area contributed by atoms with E-state index in [0.29, 0.717) is 5.54 Å². The van der Waals surface area contributed by atoms with Crippen molar-refractivity contribution in [2.24, 2.45) is 0 Å². The van der Waals surface area contributed by atoms with Crippen LogP contribution in [0.25, 0.3) is 32.1 Å². The molecule has 0 N–H and O–H groups in total. The Morgan fingerprint density at radius 3 is 1.96 bits per heavy atom. The average molecular weight is 624 g/mol. The number of aromatic nitrogens is 1. The standard InChI is InChI=1S/C42H45NSSi/c1-28-16-20-34(21-17-28)45(33-13-8-7-9-14-33,35-22-18-29(2)19-23-35)41-30(3)36-24-25-43-39(40(36)44-41)32-26-31-12-10-11-15-37(31)38(27-32)42(4,5)6/h10-12,15-27,33H,7-9,13-14H2,1-6H3. The maximum atomic E-state index is 5.15. The maximum Gasteiger partial charge on any atom is 0.163 e. The highest BCUT2D eigenvalue weighted by Gasteiger charge is 2.48. The zero-order valence-corrected chi connectivity index (χ0v) is 29.5. The number of hydrogen-bond donors (Lipinski definition) is 0. The quantitative estimate of drug-likeness (QED) is 0.174. The average Bonchev–Trinajstić information content (AvgIpc) is 3.39. The van der Waals surface area contributed by atoms with Crippen LogP contribution in [0, 0.1) is 20.8 Å². The van der Waals surface area contributed by atoms with Gasteiger partial charge in [-0.1, -0.05) is 137 Å². The maximum absolute atomic E-state index is 5.15. The fraction of sp³-hybridized carbons (Fsp3) is 0.310. The van der Waals surface area contributed by atoms with Crippen molar-refractivity contribution in [2.45, 2.75) is 84.6 Å². The van der Waals surface area contributed by atoms with Gasteiger partial charge < -0.3 is 0 Å². The van der Waals surface area contributed by atoms with Crippen molar-refractivity contribution in [2.75, 3.05) is 0 Å². The third-order valence-corrected chi connectivity index (χ3v) is 18.2. The van der Waals surface area contributed by atoms with Crippen molar-refractivity contribution in [3.63, 3.8) is 0 Å². The third kappa shape index (κ3) is 5.18. The molecule has 0 bridgehead atoms. The highest BCUT2D eigenvalue weighted by Crippen LogP contribution is 2.42. The molecule has 0 amide bonds. The molecule has 0 spiro atoms. The Kier molecular flexibility index (Phi) is 7.82. The summed E-state index contributed by atoms with van der Waals surface area (Å²) in [6.07, 6.45) is 8.70. The van der Waals surface area contributed by atoms with E-state index in [1.54, 1.807) is 14.9 Å². The number of nitrogens with zero attached hydrogens (tertiary/aromatic N) is 1. The van der Waals surface area contributed by atoms with E-state index in [-0.39, 0.29) is 5.41 Å². The summed E-state index contributed by atoms with van der Waals surface area (Å²) in [6.45, 7) is 13.8. The second-order valence-corrected chi connectivity index (χ2v) is 19.9. The van der Waals surface area contributed by atoms with E-state index in [2.05, 4.69) is 150 Å². The van der Waals surface area contributed by atoms with Crippen molar-refractivity contribution in [1.82, 2.24) is 4.98 Å². The lowest BCUT2D eigenvalue weighted by Crippen LogP contribution is -2.69. The van der Waals surface area contributed by atoms with Crippen molar-refractivity contribution in [3.8, 4) is 11.3 Å². The van der Waals surface area contributed by atoms with Gasteiger partial charge in [0.15, 0.2) is 8.07 Å². The van der Waals surface area contributed by atoms with E-state index in [0.717, 1.165) is 5.69 Å². The lowest BCUT2D eigenvalue weighted by molar-refractivity contribution is 0.497. The van der Waals surface area contributed by atoms with Crippen LogP contribution in [0.2, 0.25) is 5.54 Å². The van der Waals surface area contributed by atoms with Crippen LogP contribution in [0.3, 0.4) is 0 Å². The number of rotatable bonds is 5. The summed E-state index contributed by atoms with van der Waals surface area (Å²) >= 11 is 2.06. The van der Waals surface area contributed by atoms with Gasteiger partial charge in [-0.15, -0.1) is 11.3 Å². The first kappa shape index (κ1) is 30.1. The molecule has 3 heteroatoms. The fourth-order valence-corrected chi connectivity index (χ4v) is 16.8. The topological polar surface area (TPSA) is 12.9 Å². The van der Waals surface area contributed by atoms with E-state index in [1.807, 2.05) is 0 Å². The molecule has 4 aromatic carbocycles. The third-order valence-electron chi connectivity index (χ3n) is 10.4. The number of aryl methyl sites for hydroxylation is 3. The van der Waals surface area contributed by atoms with Crippen LogP contribution in [0.4, 0.5) is 0 Å². The zero-order chi connectivity index (χ0) is 31.3. The summed E-state index contributed by atoms with van der Waals surface area (Å²) in [6, 6.07) is 35.3. The summed E-state index contributed by atoms with van der Waals surface area (Å²) in [7, 11) is -2.41. The van der Waals surface area contributed by atoms with Gasteiger partial charge in [-0.25, -0.2) is 0 Å². The van der Waals surface area contributed by atoms with Gasteiger partial charge in [-0.05, 0) is 87.6 Å². The molecule has 1 saturated carbocycles. The van der Waals surface area contributed by atoms with E-state index in [9.17, 15) is 0 Å². The van der Waals surface area contributed by atoms with Crippen LogP contribution in [-0.4, -0.2) is 13.1 Å². The van der Waals surface area contributed by atoms with E-state index in [4.69, 9.17) is 4.98 Å². The van der Waals surface area contributed by atoms with Crippen LogP contribution >= 0.6 is 11.3 Å². The lowest BCUT2D eigenvalue weighted by Gasteiger charge is -2.42. The summed E-state index contributed by atoms with van der Waals surface area (Å²) in [5, 5.41) is 7.13.